The van der Waals surface area contributed by atoms with Crippen molar-refractivity contribution in [2.75, 3.05) is 0 Å². The largest absolute Gasteiger partial charge is 0.468 e. The Bertz CT molecular complexity index is 499. The van der Waals surface area contributed by atoms with Crippen LogP contribution in [0.15, 0.2) is 34.9 Å². The predicted molar refractivity (Wildman–Crippen MR) is 70.1 cm³/mol. The Labute approximate surface area is 105 Å². The summed E-state index contributed by atoms with van der Waals surface area (Å²) >= 11 is 3.72. The zero-order chi connectivity index (χ0) is 11.7. The van der Waals surface area contributed by atoms with Gasteiger partial charge in [0.25, 0.3) is 0 Å². The topological polar surface area (TPSA) is 13.1 Å². The molecule has 0 aliphatic heterocycles. The van der Waals surface area contributed by atoms with Gasteiger partial charge in [0.15, 0.2) is 0 Å². The van der Waals surface area contributed by atoms with Crippen LogP contribution < -0.4 is 0 Å². The monoisotopic (exact) mass is 278 g/mol. The first kappa shape index (κ1) is 11.5. The molecular formula is C14H15BrO. The van der Waals surface area contributed by atoms with E-state index in [0.29, 0.717) is 0 Å². The van der Waals surface area contributed by atoms with Crippen molar-refractivity contribution in [2.24, 2.45) is 0 Å². The van der Waals surface area contributed by atoms with Gasteiger partial charge in [-0.15, -0.1) is 0 Å². The second-order valence-electron chi connectivity index (χ2n) is 4.19. The Hall–Kier alpha value is -1.02. The molecule has 0 aliphatic carbocycles. The highest BCUT2D eigenvalue weighted by atomic mass is 79.9. The molecule has 1 aromatic carbocycles. The third kappa shape index (κ3) is 2.07. The Morgan fingerprint density at radius 2 is 1.81 bits per heavy atom. The molecule has 16 heavy (non-hydrogen) atoms. The minimum absolute atomic E-state index is 0.141. The van der Waals surface area contributed by atoms with E-state index in [-0.39, 0.29) is 4.83 Å². The maximum Gasteiger partial charge on any atom is 0.124 e. The Balaban J connectivity index is 2.45. The van der Waals surface area contributed by atoms with Crippen molar-refractivity contribution in [3.05, 3.63) is 58.5 Å². The number of halogens is 1. The predicted octanol–water partition coefficient (Wildman–Crippen LogP) is 4.69. The van der Waals surface area contributed by atoms with Crippen molar-refractivity contribution in [2.45, 2.75) is 25.6 Å². The molecule has 0 amide bonds. The molecule has 1 heterocycles. The first-order valence-electron chi connectivity index (χ1n) is 5.35. The smallest absolute Gasteiger partial charge is 0.124 e. The molecule has 2 aromatic rings. The highest BCUT2D eigenvalue weighted by Gasteiger charge is 2.17. The van der Waals surface area contributed by atoms with E-state index >= 15 is 0 Å². The summed E-state index contributed by atoms with van der Waals surface area (Å²) < 4.78 is 5.53. The van der Waals surface area contributed by atoms with Crippen molar-refractivity contribution in [3.63, 3.8) is 0 Å². The second-order valence-corrected chi connectivity index (χ2v) is 5.11. The van der Waals surface area contributed by atoms with Crippen molar-refractivity contribution >= 4 is 15.9 Å². The minimum Gasteiger partial charge on any atom is -0.468 e. The van der Waals surface area contributed by atoms with E-state index in [2.05, 4.69) is 54.9 Å². The van der Waals surface area contributed by atoms with Crippen molar-refractivity contribution in [1.82, 2.24) is 0 Å². The van der Waals surface area contributed by atoms with Gasteiger partial charge in [-0.05, 0) is 43.5 Å². The lowest BCUT2D eigenvalue weighted by Crippen LogP contribution is -1.96. The van der Waals surface area contributed by atoms with Crippen LogP contribution in [0.3, 0.4) is 0 Å². The van der Waals surface area contributed by atoms with E-state index in [1.54, 1.807) is 6.26 Å². The first-order chi connectivity index (χ1) is 7.59. The average molecular weight is 279 g/mol. The summed E-state index contributed by atoms with van der Waals surface area (Å²) in [6.45, 7) is 6.30. The number of rotatable bonds is 2. The maximum atomic E-state index is 5.53. The molecule has 0 N–H and O–H groups in total. The number of hydrogen-bond acceptors (Lipinski definition) is 1. The fraction of sp³-hybridized carbons (Fsp3) is 0.286. The van der Waals surface area contributed by atoms with Crippen LogP contribution in [0, 0.1) is 20.8 Å². The molecule has 1 unspecified atom stereocenters. The van der Waals surface area contributed by atoms with Gasteiger partial charge in [0.1, 0.15) is 5.76 Å². The first-order valence-corrected chi connectivity index (χ1v) is 6.26. The average Bonchev–Trinajstić information content (AvgIpc) is 2.67. The van der Waals surface area contributed by atoms with Gasteiger partial charge in [-0.25, -0.2) is 0 Å². The maximum absolute atomic E-state index is 5.53. The number of benzene rings is 1. The molecule has 1 aromatic heterocycles. The molecule has 0 radical (unpaired) electrons. The van der Waals surface area contributed by atoms with Crippen molar-refractivity contribution in [1.29, 1.82) is 0 Å². The molecule has 1 nitrogen and oxygen atoms in total. The van der Waals surface area contributed by atoms with Crippen LogP contribution in [-0.2, 0) is 0 Å². The molecule has 0 saturated carbocycles. The lowest BCUT2D eigenvalue weighted by atomic mass is 10.0. The fourth-order valence-corrected chi connectivity index (χ4v) is 2.78. The van der Waals surface area contributed by atoms with Gasteiger partial charge in [-0.3, -0.25) is 0 Å². The Morgan fingerprint density at radius 3 is 2.44 bits per heavy atom. The number of furan rings is 1. The van der Waals surface area contributed by atoms with E-state index in [9.17, 15) is 0 Å². The normalized spacial score (nSPS) is 12.8. The molecule has 0 spiro atoms. The molecule has 1 atom stereocenters. The molecule has 0 bridgehead atoms. The van der Waals surface area contributed by atoms with Gasteiger partial charge >= 0.3 is 0 Å². The van der Waals surface area contributed by atoms with Crippen LogP contribution in [0.4, 0.5) is 0 Å². The highest BCUT2D eigenvalue weighted by Crippen LogP contribution is 2.35. The second kappa shape index (κ2) is 4.46. The zero-order valence-electron chi connectivity index (χ0n) is 9.75. The van der Waals surface area contributed by atoms with Crippen LogP contribution in [0.5, 0.6) is 0 Å². The molecule has 2 rings (SSSR count). The van der Waals surface area contributed by atoms with Gasteiger partial charge in [-0.1, -0.05) is 39.7 Å². The summed E-state index contributed by atoms with van der Waals surface area (Å²) in [6, 6.07) is 8.48. The van der Waals surface area contributed by atoms with Gasteiger partial charge < -0.3 is 4.42 Å². The van der Waals surface area contributed by atoms with Crippen molar-refractivity contribution < 1.29 is 4.42 Å². The summed E-state index contributed by atoms with van der Waals surface area (Å²) in [5, 5.41) is 0. The van der Waals surface area contributed by atoms with Gasteiger partial charge in [0.2, 0.25) is 0 Å². The molecule has 2 heteroatoms. The summed E-state index contributed by atoms with van der Waals surface area (Å²) in [7, 11) is 0. The Kier molecular flexibility index (Phi) is 3.20. The lowest BCUT2D eigenvalue weighted by molar-refractivity contribution is 0.516. The number of aryl methyl sites for hydroxylation is 3. The number of alkyl halides is 1. The highest BCUT2D eigenvalue weighted by molar-refractivity contribution is 9.09. The van der Waals surface area contributed by atoms with Gasteiger partial charge in [-0.2, -0.15) is 0 Å². The van der Waals surface area contributed by atoms with Gasteiger partial charge in [0.05, 0.1) is 11.1 Å². The van der Waals surface area contributed by atoms with Crippen LogP contribution in [0.25, 0.3) is 0 Å². The molecule has 84 valence electrons. The minimum atomic E-state index is 0.141. The third-order valence-electron chi connectivity index (χ3n) is 2.84. The van der Waals surface area contributed by atoms with E-state index < -0.39 is 0 Å². The van der Waals surface area contributed by atoms with Crippen molar-refractivity contribution in [3.8, 4) is 0 Å². The SMILES string of the molecule is Cc1ccc(C)c(C(Br)c2occc2C)c1. The Morgan fingerprint density at radius 1 is 1.06 bits per heavy atom. The van der Waals surface area contributed by atoms with Crippen LogP contribution in [0.2, 0.25) is 0 Å². The molecule has 0 fully saturated rings. The molecular weight excluding hydrogens is 264 g/mol. The van der Waals surface area contributed by atoms with E-state index in [4.69, 9.17) is 4.42 Å². The van der Waals surface area contributed by atoms with E-state index in [1.807, 2.05) is 6.07 Å². The molecule has 0 aliphatic rings. The summed E-state index contributed by atoms with van der Waals surface area (Å²) in [5.41, 5.74) is 5.01. The third-order valence-corrected chi connectivity index (χ3v) is 3.75. The van der Waals surface area contributed by atoms with Crippen LogP contribution in [-0.4, -0.2) is 0 Å². The number of hydrogen-bond donors (Lipinski definition) is 0. The summed E-state index contributed by atoms with van der Waals surface area (Å²) in [4.78, 5) is 0.141. The van der Waals surface area contributed by atoms with Crippen LogP contribution in [0.1, 0.15) is 32.8 Å². The molecule has 0 saturated heterocycles. The van der Waals surface area contributed by atoms with Crippen LogP contribution >= 0.6 is 15.9 Å². The lowest BCUT2D eigenvalue weighted by Gasteiger charge is -2.12. The fourth-order valence-electron chi connectivity index (χ4n) is 1.82. The quantitative estimate of drug-likeness (QED) is 0.727. The zero-order valence-corrected chi connectivity index (χ0v) is 11.3. The van der Waals surface area contributed by atoms with E-state index in [0.717, 1.165) is 5.76 Å². The van der Waals surface area contributed by atoms with Gasteiger partial charge in [0, 0.05) is 0 Å². The summed E-state index contributed by atoms with van der Waals surface area (Å²) in [5.74, 6) is 0.994. The van der Waals surface area contributed by atoms with E-state index in [1.165, 1.54) is 22.3 Å². The standard InChI is InChI=1S/C14H15BrO/c1-9-4-5-10(2)12(8-9)13(15)14-11(3)6-7-16-14/h4-8,13H,1-3H3. The summed E-state index contributed by atoms with van der Waals surface area (Å²) in [6.07, 6.45) is 1.74.